The average molecular weight is 442 g/mol. The van der Waals surface area contributed by atoms with Gasteiger partial charge >= 0.3 is 0 Å². The van der Waals surface area contributed by atoms with Crippen molar-refractivity contribution in [3.63, 3.8) is 0 Å². The minimum atomic E-state index is -3.80. The number of anilines is 1. The molecule has 0 bridgehead atoms. The standard InChI is InChI=1S/C18H23N3O6S2/c1-13(2)11-20-29(25,26)17-9-5-15(6-10-17)27-12-18(22)21-14-3-7-16(8-4-14)28(19,23)24/h3-10,13,20H,11-12H2,1-2H3,(H,21,22)(H2,19,23,24). The van der Waals surface area contributed by atoms with Gasteiger partial charge in [-0.25, -0.2) is 26.7 Å². The number of hydrogen-bond acceptors (Lipinski definition) is 6. The van der Waals surface area contributed by atoms with Crippen LogP contribution in [0.15, 0.2) is 58.3 Å². The maximum Gasteiger partial charge on any atom is 0.262 e. The molecule has 2 aromatic rings. The van der Waals surface area contributed by atoms with Gasteiger partial charge in [0.25, 0.3) is 5.91 Å². The summed E-state index contributed by atoms with van der Waals surface area (Å²) in [5.41, 5.74) is 0.378. The number of carbonyl (C=O) groups is 1. The second kappa shape index (κ2) is 9.35. The summed E-state index contributed by atoms with van der Waals surface area (Å²) in [5.74, 6) is 0.0398. The molecule has 158 valence electrons. The van der Waals surface area contributed by atoms with Gasteiger partial charge in [0.2, 0.25) is 20.0 Å². The quantitative estimate of drug-likeness (QED) is 0.535. The van der Waals surface area contributed by atoms with Crippen LogP contribution in [-0.4, -0.2) is 35.9 Å². The predicted molar refractivity (Wildman–Crippen MR) is 108 cm³/mol. The molecule has 9 nitrogen and oxygen atoms in total. The smallest absolute Gasteiger partial charge is 0.262 e. The summed E-state index contributed by atoms with van der Waals surface area (Å²) in [6.07, 6.45) is 0. The number of rotatable bonds is 9. The molecular weight excluding hydrogens is 418 g/mol. The van der Waals surface area contributed by atoms with E-state index in [1.54, 1.807) is 0 Å². The first-order valence-corrected chi connectivity index (χ1v) is 11.7. The molecule has 0 heterocycles. The van der Waals surface area contributed by atoms with E-state index in [1.165, 1.54) is 48.5 Å². The van der Waals surface area contributed by atoms with Gasteiger partial charge < -0.3 is 10.1 Å². The van der Waals surface area contributed by atoms with Gasteiger partial charge in [-0.3, -0.25) is 4.79 Å². The van der Waals surface area contributed by atoms with E-state index in [2.05, 4.69) is 10.0 Å². The highest BCUT2D eigenvalue weighted by atomic mass is 32.2. The summed E-state index contributed by atoms with van der Waals surface area (Å²) in [7, 11) is -7.40. The lowest BCUT2D eigenvalue weighted by Crippen LogP contribution is -2.27. The summed E-state index contributed by atoms with van der Waals surface area (Å²) in [6.45, 7) is 3.82. The van der Waals surface area contributed by atoms with Crippen LogP contribution in [0.1, 0.15) is 13.8 Å². The minimum absolute atomic E-state index is 0.0651. The fourth-order valence-electron chi connectivity index (χ4n) is 2.15. The van der Waals surface area contributed by atoms with Gasteiger partial charge in [0.15, 0.2) is 6.61 Å². The molecule has 0 fully saturated rings. The second-order valence-corrected chi connectivity index (χ2v) is 9.95. The van der Waals surface area contributed by atoms with Crippen LogP contribution in [0.5, 0.6) is 5.75 Å². The molecule has 2 rings (SSSR count). The van der Waals surface area contributed by atoms with Gasteiger partial charge in [0.1, 0.15) is 5.75 Å². The Balaban J connectivity index is 1.90. The Morgan fingerprint density at radius 3 is 2.03 bits per heavy atom. The van der Waals surface area contributed by atoms with Crippen LogP contribution in [0.3, 0.4) is 0 Å². The van der Waals surface area contributed by atoms with Crippen molar-refractivity contribution in [2.75, 3.05) is 18.5 Å². The first-order valence-electron chi connectivity index (χ1n) is 8.62. The highest BCUT2D eigenvalue weighted by Crippen LogP contribution is 2.17. The van der Waals surface area contributed by atoms with Crippen LogP contribution in [0.4, 0.5) is 5.69 Å². The molecule has 0 spiro atoms. The molecule has 0 unspecified atom stereocenters. The summed E-state index contributed by atoms with van der Waals surface area (Å²) in [6, 6.07) is 11.1. The zero-order valence-corrected chi connectivity index (χ0v) is 17.6. The van der Waals surface area contributed by atoms with E-state index in [0.717, 1.165) is 0 Å². The molecule has 0 saturated heterocycles. The van der Waals surface area contributed by atoms with E-state index < -0.39 is 26.0 Å². The fraction of sp³-hybridized carbons (Fsp3) is 0.278. The van der Waals surface area contributed by atoms with Crippen molar-refractivity contribution < 1.29 is 26.4 Å². The van der Waals surface area contributed by atoms with Gasteiger partial charge in [-0.1, -0.05) is 13.8 Å². The van der Waals surface area contributed by atoms with Crippen molar-refractivity contribution in [2.45, 2.75) is 23.6 Å². The zero-order chi connectivity index (χ0) is 21.7. The lowest BCUT2D eigenvalue weighted by molar-refractivity contribution is -0.118. The lowest BCUT2D eigenvalue weighted by Gasteiger charge is -2.10. The first kappa shape index (κ1) is 22.8. The lowest BCUT2D eigenvalue weighted by atomic mass is 10.2. The first-order chi connectivity index (χ1) is 13.5. The molecule has 1 amide bonds. The van der Waals surface area contributed by atoms with Crippen molar-refractivity contribution in [1.29, 1.82) is 0 Å². The number of nitrogens with one attached hydrogen (secondary N) is 2. The number of primary sulfonamides is 1. The molecule has 0 aliphatic rings. The minimum Gasteiger partial charge on any atom is -0.484 e. The molecule has 0 atom stereocenters. The third-order valence-electron chi connectivity index (χ3n) is 3.65. The average Bonchev–Trinajstić information content (AvgIpc) is 2.65. The van der Waals surface area contributed by atoms with E-state index in [0.29, 0.717) is 18.0 Å². The number of carbonyl (C=O) groups excluding carboxylic acids is 1. The van der Waals surface area contributed by atoms with Crippen LogP contribution < -0.4 is 19.9 Å². The van der Waals surface area contributed by atoms with Crippen molar-refractivity contribution in [1.82, 2.24) is 4.72 Å². The van der Waals surface area contributed by atoms with Gasteiger partial charge in [0, 0.05) is 12.2 Å². The summed E-state index contributed by atoms with van der Waals surface area (Å²) in [5, 5.41) is 7.56. The molecule has 0 radical (unpaired) electrons. The van der Waals surface area contributed by atoms with Crippen molar-refractivity contribution in [3.8, 4) is 5.75 Å². The molecular formula is C18H23N3O6S2. The topological polar surface area (TPSA) is 145 Å². The zero-order valence-electron chi connectivity index (χ0n) is 16.0. The normalized spacial score (nSPS) is 12.0. The van der Waals surface area contributed by atoms with Crippen molar-refractivity contribution in [3.05, 3.63) is 48.5 Å². The summed E-state index contributed by atoms with van der Waals surface area (Å²) >= 11 is 0. The summed E-state index contributed by atoms with van der Waals surface area (Å²) < 4.78 is 54.5. The van der Waals surface area contributed by atoms with Crippen LogP contribution in [0, 0.1) is 5.92 Å². The van der Waals surface area contributed by atoms with Crippen molar-refractivity contribution in [2.24, 2.45) is 11.1 Å². The number of nitrogens with two attached hydrogens (primary N) is 1. The third-order valence-corrected chi connectivity index (χ3v) is 6.02. The molecule has 0 aliphatic carbocycles. The van der Waals surface area contributed by atoms with Crippen LogP contribution in [0.2, 0.25) is 0 Å². The Kier molecular flexibility index (Phi) is 7.36. The van der Waals surface area contributed by atoms with E-state index in [4.69, 9.17) is 9.88 Å². The molecule has 0 saturated carbocycles. The molecule has 11 heteroatoms. The molecule has 0 aromatic heterocycles. The second-order valence-electron chi connectivity index (χ2n) is 6.62. The third kappa shape index (κ3) is 7.13. The number of amides is 1. The van der Waals surface area contributed by atoms with Gasteiger partial charge in [-0.2, -0.15) is 0 Å². The predicted octanol–water partition coefficient (Wildman–Crippen LogP) is 1.29. The summed E-state index contributed by atoms with van der Waals surface area (Å²) in [4.78, 5) is 12.0. The Morgan fingerprint density at radius 1 is 0.966 bits per heavy atom. The monoisotopic (exact) mass is 441 g/mol. The van der Waals surface area contributed by atoms with Gasteiger partial charge in [0.05, 0.1) is 9.79 Å². The molecule has 0 aliphatic heterocycles. The largest absolute Gasteiger partial charge is 0.484 e. The number of sulfonamides is 2. The van der Waals surface area contributed by atoms with E-state index >= 15 is 0 Å². The SMILES string of the molecule is CC(C)CNS(=O)(=O)c1ccc(OCC(=O)Nc2ccc(S(N)(=O)=O)cc2)cc1. The van der Waals surface area contributed by atoms with Crippen LogP contribution in [0.25, 0.3) is 0 Å². The van der Waals surface area contributed by atoms with Gasteiger partial charge in [-0.05, 0) is 54.4 Å². The highest BCUT2D eigenvalue weighted by Gasteiger charge is 2.14. The van der Waals surface area contributed by atoms with Crippen molar-refractivity contribution >= 4 is 31.6 Å². The number of hydrogen-bond donors (Lipinski definition) is 3. The fourth-order valence-corrected chi connectivity index (χ4v) is 3.88. The van der Waals surface area contributed by atoms with Crippen LogP contribution in [-0.2, 0) is 24.8 Å². The molecule has 4 N–H and O–H groups in total. The Hall–Kier alpha value is -2.47. The van der Waals surface area contributed by atoms with Gasteiger partial charge in [-0.15, -0.1) is 0 Å². The number of benzene rings is 2. The molecule has 2 aromatic carbocycles. The highest BCUT2D eigenvalue weighted by molar-refractivity contribution is 7.89. The maximum atomic E-state index is 12.1. The molecule has 29 heavy (non-hydrogen) atoms. The number of ether oxygens (including phenoxy) is 1. The van der Waals surface area contributed by atoms with E-state index in [9.17, 15) is 21.6 Å². The van der Waals surface area contributed by atoms with Crippen LogP contribution >= 0.6 is 0 Å². The Bertz CT molecular complexity index is 1050. The Labute approximate surface area is 170 Å². The Morgan fingerprint density at radius 2 is 1.52 bits per heavy atom. The van der Waals surface area contributed by atoms with E-state index in [-0.39, 0.29) is 22.3 Å². The van der Waals surface area contributed by atoms with E-state index in [1.807, 2.05) is 13.8 Å². The maximum absolute atomic E-state index is 12.1.